The number of likely N-dealkylation sites (N-methyl/N-ethyl adjacent to an activating group) is 1. The molecule has 0 saturated carbocycles. The molecule has 1 aliphatic rings. The van der Waals surface area contributed by atoms with Crippen molar-refractivity contribution in [2.75, 3.05) is 6.54 Å². The Kier molecular flexibility index (Phi) is 7.73. The molecule has 6 N–H and O–H groups in total. The number of nitrogens with zero attached hydrogens (tertiary/aromatic N) is 2. The summed E-state index contributed by atoms with van der Waals surface area (Å²) in [6, 6.07) is 18.9. The van der Waals surface area contributed by atoms with Gasteiger partial charge in [0.25, 0.3) is 0 Å². The lowest BCUT2D eigenvalue weighted by Gasteiger charge is -2.32. The first-order chi connectivity index (χ1) is 13.1. The molecule has 1 saturated heterocycles. The molecule has 27 heavy (non-hydrogen) atoms. The molecule has 0 spiro atoms. The van der Waals surface area contributed by atoms with E-state index >= 15 is 0 Å². The number of carbonyl (C=O) groups is 1. The van der Waals surface area contributed by atoms with Crippen LogP contribution in [0.3, 0.4) is 0 Å². The van der Waals surface area contributed by atoms with Crippen molar-refractivity contribution >= 4 is 17.4 Å². The van der Waals surface area contributed by atoms with E-state index in [-0.39, 0.29) is 5.91 Å². The van der Waals surface area contributed by atoms with Crippen LogP contribution in [0.2, 0.25) is 0 Å². The maximum absolute atomic E-state index is 12.1. The summed E-state index contributed by atoms with van der Waals surface area (Å²) in [4.78, 5) is 18.2. The summed E-state index contributed by atoms with van der Waals surface area (Å²) in [5.74, 6) is 0.491. The average molecular weight is 365 g/mol. The van der Waals surface area contributed by atoms with Crippen LogP contribution in [-0.2, 0) is 11.3 Å². The molecule has 0 radical (unpaired) electrons. The van der Waals surface area contributed by atoms with Gasteiger partial charge in [-0.25, -0.2) is 4.99 Å². The quantitative estimate of drug-likeness (QED) is 0.775. The van der Waals surface area contributed by atoms with Gasteiger partial charge in [0, 0.05) is 31.3 Å². The number of para-hydroxylation sites is 1. The molecule has 1 atom stereocenters. The van der Waals surface area contributed by atoms with Crippen molar-refractivity contribution in [1.82, 2.24) is 4.90 Å². The van der Waals surface area contributed by atoms with Crippen molar-refractivity contribution < 1.29 is 4.79 Å². The summed E-state index contributed by atoms with van der Waals surface area (Å²) in [6.45, 7) is 3.06. The van der Waals surface area contributed by atoms with Gasteiger partial charge in [0.05, 0.1) is 11.7 Å². The molecule has 142 valence electrons. The highest BCUT2D eigenvalue weighted by Crippen LogP contribution is 2.22. The first-order valence-electron chi connectivity index (χ1n) is 8.96. The van der Waals surface area contributed by atoms with Crippen molar-refractivity contribution in [3.63, 3.8) is 0 Å². The highest BCUT2D eigenvalue weighted by molar-refractivity contribution is 6.12. The fraction of sp³-hybridized carbons (Fsp3) is 0.238. The third kappa shape index (κ3) is 5.51. The van der Waals surface area contributed by atoms with Crippen molar-refractivity contribution in [3.8, 4) is 0 Å². The molecular weight excluding hydrogens is 338 g/mol. The van der Waals surface area contributed by atoms with Gasteiger partial charge in [-0.1, -0.05) is 48.5 Å². The summed E-state index contributed by atoms with van der Waals surface area (Å²) in [7, 11) is 0. The first kappa shape index (κ1) is 20.4. The van der Waals surface area contributed by atoms with Crippen LogP contribution >= 0.6 is 0 Å². The van der Waals surface area contributed by atoms with E-state index in [1.54, 1.807) is 4.90 Å². The van der Waals surface area contributed by atoms with Crippen LogP contribution in [-0.4, -0.2) is 29.2 Å². The Labute approximate surface area is 160 Å². The van der Waals surface area contributed by atoms with E-state index in [0.717, 1.165) is 11.3 Å². The number of amides is 1. The summed E-state index contributed by atoms with van der Waals surface area (Å²) < 4.78 is 0. The molecule has 0 aromatic heterocycles. The second-order valence-electron chi connectivity index (χ2n) is 6.05. The Bertz CT molecular complexity index is 787. The van der Waals surface area contributed by atoms with Crippen LogP contribution in [0, 0.1) is 0 Å². The fourth-order valence-electron chi connectivity index (χ4n) is 2.71. The van der Waals surface area contributed by atoms with Gasteiger partial charge in [-0.05, 0) is 24.6 Å². The predicted octanol–water partition coefficient (Wildman–Crippen LogP) is 2.28. The second kappa shape index (κ2) is 10.3. The van der Waals surface area contributed by atoms with Crippen molar-refractivity contribution in [2.45, 2.75) is 25.9 Å². The van der Waals surface area contributed by atoms with Gasteiger partial charge >= 0.3 is 0 Å². The Morgan fingerprint density at radius 3 is 2.19 bits per heavy atom. The highest BCUT2D eigenvalue weighted by atomic mass is 16.2. The predicted molar refractivity (Wildman–Crippen MR) is 110 cm³/mol. The first-order valence-corrected chi connectivity index (χ1v) is 8.96. The normalized spacial score (nSPS) is 19.7. The van der Waals surface area contributed by atoms with E-state index in [0.29, 0.717) is 25.3 Å². The summed E-state index contributed by atoms with van der Waals surface area (Å²) in [5, 5.41) is 0. The number of aliphatic imine (C=N–C) groups is 1. The summed E-state index contributed by atoms with van der Waals surface area (Å²) >= 11 is 0. The molecule has 1 aliphatic heterocycles. The molecule has 1 heterocycles. The van der Waals surface area contributed by atoms with E-state index in [2.05, 4.69) is 4.99 Å². The van der Waals surface area contributed by atoms with Crippen LogP contribution in [0.15, 0.2) is 77.4 Å². The fourth-order valence-corrected chi connectivity index (χ4v) is 2.71. The Balaban J connectivity index is 0.000000273. The molecule has 1 unspecified atom stereocenters. The number of carbonyl (C=O) groups excluding carboxylic acids is 1. The van der Waals surface area contributed by atoms with E-state index in [4.69, 9.17) is 17.2 Å². The molecule has 1 fully saturated rings. The number of hydrogen-bond donors (Lipinski definition) is 3. The van der Waals surface area contributed by atoms with Crippen LogP contribution in [0.1, 0.15) is 18.9 Å². The van der Waals surface area contributed by atoms with Crippen molar-refractivity contribution in [2.24, 2.45) is 22.2 Å². The van der Waals surface area contributed by atoms with Gasteiger partial charge in [-0.15, -0.1) is 0 Å². The molecule has 1 amide bonds. The van der Waals surface area contributed by atoms with Crippen LogP contribution in [0.4, 0.5) is 5.69 Å². The molecule has 6 heteroatoms. The monoisotopic (exact) mass is 365 g/mol. The van der Waals surface area contributed by atoms with E-state index in [1.165, 1.54) is 11.8 Å². The van der Waals surface area contributed by atoms with Gasteiger partial charge in [-0.2, -0.15) is 0 Å². The van der Waals surface area contributed by atoms with E-state index in [1.807, 2.05) is 67.6 Å². The van der Waals surface area contributed by atoms with Crippen molar-refractivity contribution in [3.05, 3.63) is 78.0 Å². The topological polar surface area (TPSA) is 111 Å². The number of likely N-dealkylation sites (tertiary alicyclic amines) is 1. The lowest BCUT2D eigenvalue weighted by atomic mass is 9.99. The maximum Gasteiger partial charge on any atom is 0.245 e. The summed E-state index contributed by atoms with van der Waals surface area (Å²) in [5.41, 5.74) is 19.6. The van der Waals surface area contributed by atoms with Gasteiger partial charge in [-0.3, -0.25) is 9.69 Å². The van der Waals surface area contributed by atoms with E-state index in [9.17, 15) is 4.79 Å². The average Bonchev–Trinajstić information content (AvgIpc) is 2.72. The largest absolute Gasteiger partial charge is 0.404 e. The Morgan fingerprint density at radius 1 is 1.11 bits per heavy atom. The van der Waals surface area contributed by atoms with Crippen LogP contribution in [0.25, 0.3) is 0 Å². The van der Waals surface area contributed by atoms with Crippen LogP contribution in [0.5, 0.6) is 0 Å². The van der Waals surface area contributed by atoms with E-state index < -0.39 is 6.04 Å². The number of rotatable bonds is 3. The Morgan fingerprint density at radius 2 is 1.70 bits per heavy atom. The molecule has 6 nitrogen and oxygen atoms in total. The standard InChI is InChI=1S/C14H18N4O.C7H9N/c1-2-18-13(17-11-6-4-3-5-7-11)10(9-15)8-12(16)14(18)19;8-6-7-4-2-1-3-5-7/h3-7,9,12H,2,8,15-16H2,1H3;1-5H,6,8H2/b10-9-,17-13?;. The van der Waals surface area contributed by atoms with Crippen molar-refractivity contribution in [1.29, 1.82) is 0 Å². The third-order valence-electron chi connectivity index (χ3n) is 4.15. The van der Waals surface area contributed by atoms with Gasteiger partial charge in [0.1, 0.15) is 5.84 Å². The zero-order chi connectivity index (χ0) is 19.6. The zero-order valence-electron chi connectivity index (χ0n) is 15.6. The van der Waals surface area contributed by atoms with Gasteiger partial charge in [0.15, 0.2) is 0 Å². The van der Waals surface area contributed by atoms with Crippen LogP contribution < -0.4 is 17.2 Å². The number of piperidine rings is 1. The highest BCUT2D eigenvalue weighted by Gasteiger charge is 2.32. The molecule has 3 rings (SSSR count). The van der Waals surface area contributed by atoms with Gasteiger partial charge in [0.2, 0.25) is 5.91 Å². The number of nitrogens with two attached hydrogens (primary N) is 3. The lowest BCUT2D eigenvalue weighted by Crippen LogP contribution is -2.52. The zero-order valence-corrected chi connectivity index (χ0v) is 15.6. The van der Waals surface area contributed by atoms with Gasteiger partial charge < -0.3 is 17.2 Å². The minimum atomic E-state index is -0.538. The molecule has 0 aliphatic carbocycles. The Hall–Kier alpha value is -2.96. The smallest absolute Gasteiger partial charge is 0.245 e. The summed E-state index contributed by atoms with van der Waals surface area (Å²) in [6.07, 6.45) is 1.91. The second-order valence-corrected chi connectivity index (χ2v) is 6.05. The third-order valence-corrected chi connectivity index (χ3v) is 4.15. The molecular formula is C21H27N5O. The number of hydrogen-bond acceptors (Lipinski definition) is 5. The SMILES string of the molecule is CCN1C(=O)C(N)C/C(=C/N)C1=Nc1ccccc1.NCc1ccccc1. The minimum Gasteiger partial charge on any atom is -0.404 e. The number of benzene rings is 2. The molecule has 2 aromatic carbocycles. The number of amidine groups is 1. The maximum atomic E-state index is 12.1. The lowest BCUT2D eigenvalue weighted by molar-refractivity contribution is -0.129. The molecule has 0 bridgehead atoms. The molecule has 2 aromatic rings. The minimum absolute atomic E-state index is 0.109.